The van der Waals surface area contributed by atoms with Crippen LogP contribution in [0.4, 0.5) is 5.69 Å². The van der Waals surface area contributed by atoms with Crippen LogP contribution in [0.2, 0.25) is 0 Å². The molecule has 5 heteroatoms. The smallest absolute Gasteiger partial charge is 0.169 e. The monoisotopic (exact) mass is 391 g/mol. The molecule has 0 radical (unpaired) electrons. The molecule has 0 aliphatic carbocycles. The van der Waals surface area contributed by atoms with Crippen molar-refractivity contribution in [3.05, 3.63) is 75.9 Å². The first-order valence-electron chi connectivity index (χ1n) is 9.03. The Hall–Kier alpha value is -2.89. The molecular weight excluding hydrogens is 370 g/mol. The fourth-order valence-corrected chi connectivity index (χ4v) is 4.35. The van der Waals surface area contributed by atoms with E-state index in [4.69, 9.17) is 10.2 Å². The topological polar surface area (TPSA) is 76.5 Å². The molecule has 4 nitrogen and oxygen atoms in total. The molecule has 0 amide bonds. The van der Waals surface area contributed by atoms with E-state index in [0.717, 1.165) is 37.4 Å². The number of aryl methyl sites for hydroxylation is 2. The van der Waals surface area contributed by atoms with Gasteiger partial charge in [0.2, 0.25) is 0 Å². The normalized spacial score (nSPS) is 12.4. The van der Waals surface area contributed by atoms with Gasteiger partial charge in [-0.3, -0.25) is 4.79 Å². The summed E-state index contributed by atoms with van der Waals surface area (Å²) in [5.41, 5.74) is 11.2. The molecule has 0 aliphatic rings. The van der Waals surface area contributed by atoms with Crippen molar-refractivity contribution >= 4 is 33.8 Å². The number of hydrogen-bond acceptors (Lipinski definition) is 5. The predicted octanol–water partition coefficient (Wildman–Crippen LogP) is 5.64. The second-order valence-electron chi connectivity index (χ2n) is 7.07. The van der Waals surface area contributed by atoms with Gasteiger partial charge in [-0.15, -0.1) is 11.3 Å². The number of fused-ring (bicyclic) bond motifs is 1. The Bertz CT molecular complexity index is 1200. The first-order chi connectivity index (χ1) is 13.3. The Morgan fingerprint density at radius 1 is 1.11 bits per heavy atom. The highest BCUT2D eigenvalue weighted by molar-refractivity contribution is 7.17. The molecular formula is C23H21NO3S. The Labute approximate surface area is 167 Å². The lowest BCUT2D eigenvalue weighted by atomic mass is 9.99. The van der Waals surface area contributed by atoms with E-state index in [-0.39, 0.29) is 5.78 Å². The number of carbonyl (C=O) groups is 1. The summed E-state index contributed by atoms with van der Waals surface area (Å²) < 4.78 is 5.98. The SMILES string of the molecule is CC(=O)c1ccc(-c2ccc3c(N)c(C(O)c4ccc(C)cc4C)oc3c2)s1. The van der Waals surface area contributed by atoms with Gasteiger partial charge in [0.1, 0.15) is 11.7 Å². The van der Waals surface area contributed by atoms with Gasteiger partial charge in [-0.2, -0.15) is 0 Å². The molecule has 1 atom stereocenters. The first kappa shape index (κ1) is 18.5. The number of hydrogen-bond donors (Lipinski definition) is 2. The van der Waals surface area contributed by atoms with E-state index in [2.05, 4.69) is 0 Å². The van der Waals surface area contributed by atoms with Gasteiger partial charge in [0.25, 0.3) is 0 Å². The highest BCUT2D eigenvalue weighted by Crippen LogP contribution is 2.39. The molecule has 0 saturated carbocycles. The van der Waals surface area contributed by atoms with Gasteiger partial charge >= 0.3 is 0 Å². The molecule has 2 aromatic heterocycles. The van der Waals surface area contributed by atoms with E-state index >= 15 is 0 Å². The third-order valence-corrected chi connectivity index (χ3v) is 6.20. The third kappa shape index (κ3) is 3.13. The molecule has 0 saturated heterocycles. The van der Waals surface area contributed by atoms with Crippen molar-refractivity contribution in [1.29, 1.82) is 0 Å². The van der Waals surface area contributed by atoms with Crippen LogP contribution in [-0.4, -0.2) is 10.9 Å². The zero-order valence-electron chi connectivity index (χ0n) is 15.9. The fourth-order valence-electron chi connectivity index (χ4n) is 3.45. The van der Waals surface area contributed by atoms with Crippen LogP contribution < -0.4 is 5.73 Å². The highest BCUT2D eigenvalue weighted by atomic mass is 32.1. The van der Waals surface area contributed by atoms with Crippen LogP contribution in [-0.2, 0) is 0 Å². The predicted molar refractivity (Wildman–Crippen MR) is 114 cm³/mol. The molecule has 3 N–H and O–H groups in total. The van der Waals surface area contributed by atoms with Crippen LogP contribution in [0.15, 0.2) is 52.9 Å². The standard InChI is InChI=1S/C23H21NO3S/c1-12-4-6-16(13(2)10-12)22(26)23-21(24)17-7-5-15(11-18(17)27-23)20-9-8-19(28-20)14(3)25/h4-11,22,26H,24H2,1-3H3. The van der Waals surface area contributed by atoms with Crippen LogP contribution in [0.25, 0.3) is 21.4 Å². The molecule has 0 fully saturated rings. The number of anilines is 1. The van der Waals surface area contributed by atoms with Gasteiger partial charge in [0.05, 0.1) is 10.6 Å². The molecule has 0 bridgehead atoms. The summed E-state index contributed by atoms with van der Waals surface area (Å²) in [5, 5.41) is 11.7. The number of benzene rings is 2. The molecule has 4 rings (SSSR count). The zero-order valence-corrected chi connectivity index (χ0v) is 16.8. The van der Waals surface area contributed by atoms with Crippen molar-refractivity contribution in [1.82, 2.24) is 0 Å². The highest BCUT2D eigenvalue weighted by Gasteiger charge is 2.22. The Morgan fingerprint density at radius 2 is 1.89 bits per heavy atom. The van der Waals surface area contributed by atoms with E-state index in [1.165, 1.54) is 11.3 Å². The maximum atomic E-state index is 11.6. The first-order valence-corrected chi connectivity index (χ1v) is 9.85. The van der Waals surface area contributed by atoms with Gasteiger partial charge in [-0.05, 0) is 61.7 Å². The minimum atomic E-state index is -0.928. The molecule has 2 heterocycles. The van der Waals surface area contributed by atoms with Crippen molar-refractivity contribution in [2.75, 3.05) is 5.73 Å². The zero-order chi connectivity index (χ0) is 20.0. The van der Waals surface area contributed by atoms with Gasteiger partial charge in [-0.1, -0.05) is 29.8 Å². The number of thiophene rings is 1. The summed E-state index contributed by atoms with van der Waals surface area (Å²) in [6.45, 7) is 5.54. The molecule has 4 aromatic rings. The average Bonchev–Trinajstić information content (AvgIpc) is 3.26. The molecule has 28 heavy (non-hydrogen) atoms. The number of nitrogen functional groups attached to an aromatic ring is 1. The number of rotatable bonds is 4. The maximum Gasteiger partial charge on any atom is 0.169 e. The van der Waals surface area contributed by atoms with Crippen molar-refractivity contribution in [3.63, 3.8) is 0 Å². The molecule has 1 unspecified atom stereocenters. The molecule has 2 aromatic carbocycles. The van der Waals surface area contributed by atoms with Crippen molar-refractivity contribution < 1.29 is 14.3 Å². The van der Waals surface area contributed by atoms with E-state index in [1.807, 2.05) is 62.4 Å². The quantitative estimate of drug-likeness (QED) is 0.441. The third-order valence-electron chi connectivity index (χ3n) is 4.96. The van der Waals surface area contributed by atoms with E-state index in [9.17, 15) is 9.90 Å². The van der Waals surface area contributed by atoms with Gasteiger partial charge < -0.3 is 15.3 Å². The number of aliphatic hydroxyl groups excluding tert-OH is 1. The number of furan rings is 1. The maximum absolute atomic E-state index is 11.6. The van der Waals surface area contributed by atoms with Gasteiger partial charge in [-0.25, -0.2) is 0 Å². The van der Waals surface area contributed by atoms with Gasteiger partial charge in [0.15, 0.2) is 11.5 Å². The summed E-state index contributed by atoms with van der Waals surface area (Å²) >= 11 is 1.45. The van der Waals surface area contributed by atoms with Crippen LogP contribution in [0, 0.1) is 13.8 Å². The van der Waals surface area contributed by atoms with E-state index < -0.39 is 6.10 Å². The summed E-state index contributed by atoms with van der Waals surface area (Å²) in [4.78, 5) is 13.3. The lowest BCUT2D eigenvalue weighted by molar-refractivity contribution is 0.102. The fraction of sp³-hybridized carbons (Fsp3) is 0.174. The summed E-state index contributed by atoms with van der Waals surface area (Å²) in [5.74, 6) is 0.410. The Morgan fingerprint density at radius 3 is 2.57 bits per heavy atom. The second kappa shape index (κ2) is 6.93. The largest absolute Gasteiger partial charge is 0.456 e. The van der Waals surface area contributed by atoms with Crippen LogP contribution in [0.5, 0.6) is 0 Å². The van der Waals surface area contributed by atoms with Crippen molar-refractivity contribution in [2.24, 2.45) is 0 Å². The number of carbonyl (C=O) groups excluding carboxylic acids is 1. The lowest BCUT2D eigenvalue weighted by Gasteiger charge is -2.12. The Kier molecular flexibility index (Phi) is 4.57. The van der Waals surface area contributed by atoms with Crippen molar-refractivity contribution in [3.8, 4) is 10.4 Å². The number of Topliss-reactive ketones (excluding diaryl/α,β-unsaturated/α-hetero) is 1. The number of aliphatic hydroxyl groups is 1. The second-order valence-corrected chi connectivity index (χ2v) is 8.16. The van der Waals surface area contributed by atoms with Crippen LogP contribution in [0.1, 0.15) is 45.1 Å². The summed E-state index contributed by atoms with van der Waals surface area (Å²) in [6, 6.07) is 15.4. The lowest BCUT2D eigenvalue weighted by Crippen LogP contribution is -2.03. The van der Waals surface area contributed by atoms with E-state index in [0.29, 0.717) is 17.0 Å². The van der Waals surface area contributed by atoms with Crippen LogP contribution in [0.3, 0.4) is 0 Å². The minimum absolute atomic E-state index is 0.0541. The summed E-state index contributed by atoms with van der Waals surface area (Å²) in [6.07, 6.45) is -0.928. The minimum Gasteiger partial charge on any atom is -0.456 e. The van der Waals surface area contributed by atoms with E-state index in [1.54, 1.807) is 6.92 Å². The number of nitrogens with two attached hydrogens (primary N) is 1. The van der Waals surface area contributed by atoms with Gasteiger partial charge in [0, 0.05) is 10.3 Å². The van der Waals surface area contributed by atoms with Crippen molar-refractivity contribution in [2.45, 2.75) is 26.9 Å². The molecule has 0 aliphatic heterocycles. The average molecular weight is 391 g/mol. The number of ketones is 1. The van der Waals surface area contributed by atoms with Crippen LogP contribution >= 0.6 is 11.3 Å². The summed E-state index contributed by atoms with van der Waals surface area (Å²) in [7, 11) is 0. The molecule has 142 valence electrons. The molecule has 0 spiro atoms. The Balaban J connectivity index is 1.76.